The number of anilines is 1. The number of aromatic nitrogens is 2. The van der Waals surface area contributed by atoms with Gasteiger partial charge >= 0.3 is 0 Å². The van der Waals surface area contributed by atoms with Gasteiger partial charge in [0.15, 0.2) is 5.82 Å². The number of ether oxygens (including phenoxy) is 2. The van der Waals surface area contributed by atoms with Gasteiger partial charge in [0, 0.05) is 11.3 Å². The lowest BCUT2D eigenvalue weighted by atomic mass is 10.3. The largest absolute Gasteiger partial charge is 0.494 e. The molecule has 16 heavy (non-hydrogen) atoms. The Kier molecular flexibility index (Phi) is 2.80. The first-order chi connectivity index (χ1) is 7.68. The van der Waals surface area contributed by atoms with Gasteiger partial charge in [0.25, 0.3) is 5.91 Å². The SMILES string of the molecule is Cc1[nH]nc(NC(=O)C2=COCCO2)c1C. The van der Waals surface area contributed by atoms with Crippen molar-refractivity contribution < 1.29 is 14.3 Å². The minimum atomic E-state index is -0.352. The lowest BCUT2D eigenvalue weighted by Crippen LogP contribution is -2.21. The Morgan fingerprint density at radius 1 is 1.50 bits per heavy atom. The van der Waals surface area contributed by atoms with Crippen LogP contribution in [0.2, 0.25) is 0 Å². The molecule has 0 spiro atoms. The van der Waals surface area contributed by atoms with E-state index in [1.54, 1.807) is 0 Å². The number of rotatable bonds is 2. The Morgan fingerprint density at radius 3 is 2.88 bits per heavy atom. The molecule has 0 fully saturated rings. The van der Waals surface area contributed by atoms with Gasteiger partial charge in [0.05, 0.1) is 0 Å². The molecule has 6 nitrogen and oxygen atoms in total. The van der Waals surface area contributed by atoms with E-state index in [0.29, 0.717) is 19.0 Å². The summed E-state index contributed by atoms with van der Waals surface area (Å²) in [5.74, 6) is 0.332. The highest BCUT2D eigenvalue weighted by Crippen LogP contribution is 2.15. The summed E-state index contributed by atoms with van der Waals surface area (Å²) >= 11 is 0. The molecule has 2 N–H and O–H groups in total. The highest BCUT2D eigenvalue weighted by atomic mass is 16.6. The van der Waals surface area contributed by atoms with Crippen LogP contribution in [0, 0.1) is 13.8 Å². The van der Waals surface area contributed by atoms with E-state index in [0.717, 1.165) is 11.3 Å². The Balaban J connectivity index is 2.07. The third kappa shape index (κ3) is 2.00. The smallest absolute Gasteiger partial charge is 0.295 e. The molecule has 86 valence electrons. The molecule has 6 heteroatoms. The van der Waals surface area contributed by atoms with Crippen LogP contribution >= 0.6 is 0 Å². The lowest BCUT2D eigenvalue weighted by Gasteiger charge is -2.14. The predicted octanol–water partition coefficient (Wildman–Crippen LogP) is 0.853. The summed E-state index contributed by atoms with van der Waals surface area (Å²) in [5.41, 5.74) is 1.83. The molecule has 2 heterocycles. The van der Waals surface area contributed by atoms with E-state index in [4.69, 9.17) is 9.47 Å². The van der Waals surface area contributed by atoms with Crippen LogP contribution in [0.4, 0.5) is 5.82 Å². The molecule has 0 saturated heterocycles. The van der Waals surface area contributed by atoms with Crippen LogP contribution in [0.3, 0.4) is 0 Å². The Morgan fingerprint density at radius 2 is 2.31 bits per heavy atom. The van der Waals surface area contributed by atoms with E-state index in [9.17, 15) is 4.79 Å². The predicted molar refractivity (Wildman–Crippen MR) is 56.7 cm³/mol. The van der Waals surface area contributed by atoms with Crippen LogP contribution in [0.15, 0.2) is 12.0 Å². The summed E-state index contributed by atoms with van der Waals surface area (Å²) in [4.78, 5) is 11.7. The second-order valence-corrected chi connectivity index (χ2v) is 3.48. The summed E-state index contributed by atoms with van der Waals surface area (Å²) in [5, 5.41) is 9.40. The van der Waals surface area contributed by atoms with Crippen LogP contribution in [-0.2, 0) is 14.3 Å². The monoisotopic (exact) mass is 223 g/mol. The highest BCUT2D eigenvalue weighted by molar-refractivity contribution is 6.01. The fourth-order valence-corrected chi connectivity index (χ4v) is 1.26. The summed E-state index contributed by atoms with van der Waals surface area (Å²) in [6, 6.07) is 0. The van der Waals surface area contributed by atoms with Gasteiger partial charge in [-0.15, -0.1) is 0 Å². The van der Waals surface area contributed by atoms with Crippen molar-refractivity contribution in [2.24, 2.45) is 0 Å². The number of aryl methyl sites for hydroxylation is 1. The minimum absolute atomic E-state index is 0.173. The summed E-state index contributed by atoms with van der Waals surface area (Å²) in [6.45, 7) is 4.62. The normalized spacial score (nSPS) is 14.8. The van der Waals surface area contributed by atoms with Crippen LogP contribution in [0.1, 0.15) is 11.3 Å². The first kappa shape index (κ1) is 10.5. The van der Waals surface area contributed by atoms with Gasteiger partial charge in [0.1, 0.15) is 19.5 Å². The topological polar surface area (TPSA) is 76.2 Å². The molecule has 0 radical (unpaired) electrons. The second kappa shape index (κ2) is 4.26. The number of carbonyl (C=O) groups is 1. The van der Waals surface area contributed by atoms with Gasteiger partial charge in [-0.2, -0.15) is 5.10 Å². The number of nitrogens with one attached hydrogen (secondary N) is 2. The zero-order chi connectivity index (χ0) is 11.5. The molecule has 1 aliphatic rings. The maximum atomic E-state index is 11.7. The van der Waals surface area contributed by atoms with Crippen LogP contribution in [0.25, 0.3) is 0 Å². The summed E-state index contributed by atoms with van der Waals surface area (Å²) in [6.07, 6.45) is 1.31. The number of hydrogen-bond donors (Lipinski definition) is 2. The number of amides is 1. The molecule has 1 aromatic rings. The lowest BCUT2D eigenvalue weighted by molar-refractivity contribution is -0.117. The number of nitrogens with zero attached hydrogens (tertiary/aromatic N) is 1. The molecule has 0 unspecified atom stereocenters. The average molecular weight is 223 g/mol. The molecule has 0 bridgehead atoms. The van der Waals surface area contributed by atoms with E-state index in [-0.39, 0.29) is 11.7 Å². The van der Waals surface area contributed by atoms with Gasteiger partial charge in [-0.05, 0) is 13.8 Å². The van der Waals surface area contributed by atoms with Gasteiger partial charge in [-0.25, -0.2) is 0 Å². The van der Waals surface area contributed by atoms with Crippen molar-refractivity contribution in [3.8, 4) is 0 Å². The first-order valence-corrected chi connectivity index (χ1v) is 4.96. The number of carbonyl (C=O) groups excluding carboxylic acids is 1. The van der Waals surface area contributed by atoms with Crippen LogP contribution in [-0.4, -0.2) is 29.3 Å². The van der Waals surface area contributed by atoms with E-state index in [1.807, 2.05) is 13.8 Å². The number of H-pyrrole nitrogens is 1. The highest BCUT2D eigenvalue weighted by Gasteiger charge is 2.17. The maximum Gasteiger partial charge on any atom is 0.295 e. The molecule has 1 amide bonds. The summed E-state index contributed by atoms with van der Waals surface area (Å²) in [7, 11) is 0. The van der Waals surface area contributed by atoms with Crippen LogP contribution in [0.5, 0.6) is 0 Å². The molecular weight excluding hydrogens is 210 g/mol. The Bertz CT molecular complexity index is 437. The molecule has 2 rings (SSSR count). The quantitative estimate of drug-likeness (QED) is 0.779. The fourth-order valence-electron chi connectivity index (χ4n) is 1.26. The first-order valence-electron chi connectivity index (χ1n) is 4.96. The Hall–Kier alpha value is -1.98. The van der Waals surface area contributed by atoms with Crippen molar-refractivity contribution in [3.05, 3.63) is 23.3 Å². The second-order valence-electron chi connectivity index (χ2n) is 3.48. The van der Waals surface area contributed by atoms with E-state index < -0.39 is 0 Å². The van der Waals surface area contributed by atoms with E-state index in [2.05, 4.69) is 15.5 Å². The third-order valence-electron chi connectivity index (χ3n) is 2.36. The average Bonchev–Trinajstić information content (AvgIpc) is 2.62. The molecule has 0 atom stereocenters. The van der Waals surface area contributed by atoms with Crippen molar-refractivity contribution in [1.82, 2.24) is 10.2 Å². The Labute approximate surface area is 92.6 Å². The third-order valence-corrected chi connectivity index (χ3v) is 2.36. The standard InChI is InChI=1S/C10H13N3O3/c1-6-7(2)12-13-9(6)11-10(14)8-5-15-3-4-16-8/h5H,3-4H2,1-2H3,(H2,11,12,13,14). The molecule has 1 aliphatic heterocycles. The van der Waals surface area contributed by atoms with E-state index >= 15 is 0 Å². The molecule has 0 saturated carbocycles. The summed E-state index contributed by atoms with van der Waals surface area (Å²) < 4.78 is 10.1. The van der Waals surface area contributed by atoms with Crippen molar-refractivity contribution in [3.63, 3.8) is 0 Å². The van der Waals surface area contributed by atoms with Gasteiger partial charge in [0.2, 0.25) is 5.76 Å². The van der Waals surface area contributed by atoms with Crippen molar-refractivity contribution in [1.29, 1.82) is 0 Å². The van der Waals surface area contributed by atoms with Gasteiger partial charge in [-0.1, -0.05) is 0 Å². The van der Waals surface area contributed by atoms with Gasteiger partial charge < -0.3 is 14.8 Å². The zero-order valence-corrected chi connectivity index (χ0v) is 9.16. The van der Waals surface area contributed by atoms with Crippen molar-refractivity contribution in [2.75, 3.05) is 18.5 Å². The molecule has 0 aliphatic carbocycles. The van der Waals surface area contributed by atoms with Crippen LogP contribution < -0.4 is 5.32 Å². The molecule has 1 aromatic heterocycles. The van der Waals surface area contributed by atoms with Crippen molar-refractivity contribution >= 4 is 11.7 Å². The maximum absolute atomic E-state index is 11.7. The number of hydrogen-bond acceptors (Lipinski definition) is 4. The number of aromatic amines is 1. The zero-order valence-electron chi connectivity index (χ0n) is 9.16. The van der Waals surface area contributed by atoms with Crippen molar-refractivity contribution in [2.45, 2.75) is 13.8 Å². The fraction of sp³-hybridized carbons (Fsp3) is 0.400. The molecular formula is C10H13N3O3. The minimum Gasteiger partial charge on any atom is -0.494 e. The van der Waals surface area contributed by atoms with Gasteiger partial charge in [-0.3, -0.25) is 9.89 Å². The molecule has 0 aromatic carbocycles. The van der Waals surface area contributed by atoms with E-state index in [1.165, 1.54) is 6.26 Å².